The number of fused-ring (bicyclic) bond motifs is 1. The van der Waals surface area contributed by atoms with Crippen LogP contribution in [-0.2, 0) is 31.3 Å². The van der Waals surface area contributed by atoms with Crippen molar-refractivity contribution in [1.29, 1.82) is 0 Å². The molecule has 2 fully saturated rings. The van der Waals surface area contributed by atoms with Crippen LogP contribution in [0.4, 0.5) is 0 Å². The van der Waals surface area contributed by atoms with E-state index in [0.29, 0.717) is 12.2 Å². The van der Waals surface area contributed by atoms with Crippen molar-refractivity contribution in [2.75, 3.05) is 48.4 Å². The normalized spacial score (nSPS) is 24.8. The van der Waals surface area contributed by atoms with Crippen molar-refractivity contribution in [2.45, 2.75) is 56.4 Å². The first kappa shape index (κ1) is 25.5. The van der Waals surface area contributed by atoms with Crippen molar-refractivity contribution in [3.63, 3.8) is 0 Å². The van der Waals surface area contributed by atoms with Gasteiger partial charge in [0.15, 0.2) is 0 Å². The van der Waals surface area contributed by atoms with Crippen molar-refractivity contribution < 1.29 is 31.3 Å². The Kier molecular flexibility index (Phi) is 12.2. The van der Waals surface area contributed by atoms with Crippen LogP contribution in [0.5, 0.6) is 0 Å². The molecule has 162 valence electrons. The highest BCUT2D eigenvalue weighted by molar-refractivity contribution is 7.80. The molecule has 7 nitrogen and oxygen atoms in total. The van der Waals surface area contributed by atoms with E-state index < -0.39 is 17.6 Å². The number of epoxide rings is 1. The largest absolute Gasteiger partial charge is 0.500 e. The van der Waals surface area contributed by atoms with Crippen molar-refractivity contribution in [1.82, 2.24) is 0 Å². The summed E-state index contributed by atoms with van der Waals surface area (Å²) >= 11 is 4.10. The molecule has 0 aromatic carbocycles. The Bertz CT molecular complexity index is 381. The van der Waals surface area contributed by atoms with E-state index >= 15 is 0 Å². The summed E-state index contributed by atoms with van der Waals surface area (Å²) in [6.45, 7) is 0. The van der Waals surface area contributed by atoms with Crippen LogP contribution < -0.4 is 0 Å². The van der Waals surface area contributed by atoms with Crippen LogP contribution in [0, 0.1) is 5.92 Å². The predicted molar refractivity (Wildman–Crippen MR) is 112 cm³/mol. The molecular formula is C17H38O7SSi2. The molecule has 10 heteroatoms. The first-order valence-corrected chi connectivity index (χ1v) is 14.0. The van der Waals surface area contributed by atoms with Crippen molar-refractivity contribution in [2.24, 2.45) is 5.92 Å². The number of hydrogen-bond donors (Lipinski definition) is 1. The Labute approximate surface area is 172 Å². The van der Waals surface area contributed by atoms with Crippen LogP contribution in [0.2, 0.25) is 12.1 Å². The molecule has 2 aliphatic rings. The Balaban J connectivity index is 0.000000293. The van der Waals surface area contributed by atoms with Gasteiger partial charge in [0.05, 0.1) is 12.2 Å². The zero-order valence-corrected chi connectivity index (χ0v) is 20.6. The van der Waals surface area contributed by atoms with E-state index in [-0.39, 0.29) is 0 Å². The maximum Gasteiger partial charge on any atom is 0.500 e. The molecule has 27 heavy (non-hydrogen) atoms. The van der Waals surface area contributed by atoms with Gasteiger partial charge in [-0.3, -0.25) is 0 Å². The lowest BCUT2D eigenvalue weighted by Crippen LogP contribution is -2.43. The van der Waals surface area contributed by atoms with E-state index in [1.54, 1.807) is 42.7 Å². The van der Waals surface area contributed by atoms with Crippen molar-refractivity contribution in [3.8, 4) is 0 Å². The van der Waals surface area contributed by atoms with Gasteiger partial charge in [-0.1, -0.05) is 0 Å². The molecule has 3 unspecified atom stereocenters. The maximum absolute atomic E-state index is 5.54. The molecule has 3 atom stereocenters. The topological polar surface area (TPSA) is 67.9 Å². The van der Waals surface area contributed by atoms with Crippen LogP contribution in [0.3, 0.4) is 0 Å². The number of hydrogen-bond acceptors (Lipinski definition) is 8. The highest BCUT2D eigenvalue weighted by atomic mass is 32.1. The van der Waals surface area contributed by atoms with Gasteiger partial charge in [-0.05, 0) is 43.8 Å². The summed E-state index contributed by atoms with van der Waals surface area (Å²) in [6.07, 6.45) is 6.97. The minimum Gasteiger partial charge on any atom is -0.377 e. The van der Waals surface area contributed by atoms with Crippen LogP contribution in [0.1, 0.15) is 32.1 Å². The molecule has 2 rings (SSSR count). The van der Waals surface area contributed by atoms with E-state index in [4.69, 9.17) is 31.3 Å². The van der Waals surface area contributed by atoms with Crippen LogP contribution in [0.25, 0.3) is 0 Å². The van der Waals surface area contributed by atoms with E-state index in [2.05, 4.69) is 12.6 Å². The summed E-state index contributed by atoms with van der Waals surface area (Å²) in [4.78, 5) is 0. The Morgan fingerprint density at radius 1 is 0.778 bits per heavy atom. The smallest absolute Gasteiger partial charge is 0.377 e. The molecule has 0 N–H and O–H groups in total. The minimum absolute atomic E-state index is 0.558. The lowest BCUT2D eigenvalue weighted by molar-refractivity contribution is 0.120. The first-order chi connectivity index (χ1) is 13.0. The van der Waals surface area contributed by atoms with Gasteiger partial charge in [0, 0.05) is 54.7 Å². The molecule has 1 heterocycles. The van der Waals surface area contributed by atoms with Gasteiger partial charge in [-0.25, -0.2) is 0 Å². The quantitative estimate of drug-likeness (QED) is 0.283. The molecule has 1 saturated heterocycles. The second-order valence-electron chi connectivity index (χ2n) is 6.85. The fourth-order valence-corrected chi connectivity index (χ4v) is 7.59. The first-order valence-electron chi connectivity index (χ1n) is 9.54. The zero-order valence-electron chi connectivity index (χ0n) is 17.7. The third-order valence-electron chi connectivity index (χ3n) is 5.48. The molecule has 0 bridgehead atoms. The molecule has 1 aliphatic heterocycles. The maximum atomic E-state index is 5.54. The predicted octanol–water partition coefficient (Wildman–Crippen LogP) is 3.01. The molecule has 0 spiro atoms. The van der Waals surface area contributed by atoms with E-state index in [9.17, 15) is 0 Å². The third kappa shape index (κ3) is 8.03. The second kappa shape index (κ2) is 12.9. The minimum atomic E-state index is -2.35. The fourth-order valence-electron chi connectivity index (χ4n) is 3.54. The Hall–Kier alpha value is 0.504. The van der Waals surface area contributed by atoms with Gasteiger partial charge in [-0.2, -0.15) is 12.6 Å². The molecule has 1 saturated carbocycles. The van der Waals surface area contributed by atoms with E-state index in [1.165, 1.54) is 19.3 Å². The van der Waals surface area contributed by atoms with E-state index in [0.717, 1.165) is 36.6 Å². The Morgan fingerprint density at radius 2 is 1.30 bits per heavy atom. The summed E-state index contributed by atoms with van der Waals surface area (Å²) in [5.74, 6) is 1.60. The second-order valence-corrected chi connectivity index (χ2v) is 13.5. The number of ether oxygens (including phenoxy) is 1. The summed E-state index contributed by atoms with van der Waals surface area (Å²) in [5, 5.41) is 0. The van der Waals surface area contributed by atoms with Crippen molar-refractivity contribution >= 4 is 30.2 Å². The van der Waals surface area contributed by atoms with Gasteiger partial charge >= 0.3 is 17.6 Å². The molecule has 0 amide bonds. The monoisotopic (exact) mass is 442 g/mol. The molecule has 1 aliphatic carbocycles. The molecule has 0 aromatic rings. The average Bonchev–Trinajstić information content (AvgIpc) is 3.50. The van der Waals surface area contributed by atoms with Gasteiger partial charge in [-0.15, -0.1) is 0 Å². The van der Waals surface area contributed by atoms with Crippen LogP contribution >= 0.6 is 12.6 Å². The number of rotatable bonds is 12. The van der Waals surface area contributed by atoms with Gasteiger partial charge in [0.25, 0.3) is 0 Å². The highest BCUT2D eigenvalue weighted by Gasteiger charge is 2.45. The summed E-state index contributed by atoms with van der Waals surface area (Å²) in [7, 11) is 5.27. The number of thiol groups is 1. The highest BCUT2D eigenvalue weighted by Crippen LogP contribution is 2.41. The molecule has 0 radical (unpaired) electrons. The van der Waals surface area contributed by atoms with E-state index in [1.807, 2.05) is 0 Å². The Morgan fingerprint density at radius 3 is 1.74 bits per heavy atom. The average molecular weight is 443 g/mol. The van der Waals surface area contributed by atoms with Crippen molar-refractivity contribution in [3.05, 3.63) is 0 Å². The standard InChI is InChI=1S/C11H22O4Si.C6H16O3SSi/c1-12-16(13-2,14-3)7-6-9-4-5-10-11(8-9)15-10;1-7-11(8-2,9-3)6-4-5-10/h9-11H,4-8H2,1-3H3;10H,4-6H2,1-3H3. The van der Waals surface area contributed by atoms with Gasteiger partial charge < -0.3 is 31.3 Å². The molecule has 0 aromatic heterocycles. The lowest BCUT2D eigenvalue weighted by Gasteiger charge is -2.27. The SMILES string of the molecule is CO[Si](CCC1CCC2OC2C1)(OC)OC.CO[Si](CCCS)(OC)OC. The lowest BCUT2D eigenvalue weighted by atomic mass is 9.88. The summed E-state index contributed by atoms with van der Waals surface area (Å²) in [6, 6.07) is 1.75. The van der Waals surface area contributed by atoms with Gasteiger partial charge in [0.2, 0.25) is 0 Å². The fraction of sp³-hybridized carbons (Fsp3) is 1.00. The third-order valence-corrected chi connectivity index (χ3v) is 11.4. The molecular weight excluding hydrogens is 404 g/mol. The van der Waals surface area contributed by atoms with Gasteiger partial charge in [0.1, 0.15) is 0 Å². The summed E-state index contributed by atoms with van der Waals surface area (Å²) < 4.78 is 37.4. The zero-order chi connectivity index (χ0) is 20.3. The summed E-state index contributed by atoms with van der Waals surface area (Å²) in [5.41, 5.74) is 0. The van der Waals surface area contributed by atoms with Crippen LogP contribution in [-0.4, -0.2) is 78.2 Å². The van der Waals surface area contributed by atoms with Crippen LogP contribution in [0.15, 0.2) is 0 Å².